The van der Waals surface area contributed by atoms with E-state index in [4.69, 9.17) is 9.84 Å². The highest BCUT2D eigenvalue weighted by atomic mass is 16.5. The van der Waals surface area contributed by atoms with Crippen LogP contribution in [0.3, 0.4) is 0 Å². The number of carbonyl (C=O) groups is 2. The molecule has 18 heavy (non-hydrogen) atoms. The van der Waals surface area contributed by atoms with E-state index in [0.717, 1.165) is 12.8 Å². The van der Waals surface area contributed by atoms with E-state index in [1.54, 1.807) is 0 Å². The molecule has 7 nitrogen and oxygen atoms in total. The molecule has 2 rings (SSSR count). The number of carboxylic acid groups (broad SMARTS) is 1. The number of rotatable bonds is 3. The first kappa shape index (κ1) is 12.4. The molecule has 0 saturated carbocycles. The summed E-state index contributed by atoms with van der Waals surface area (Å²) in [6.45, 7) is 0.546. The Hall–Kier alpha value is -2.02. The second-order valence-corrected chi connectivity index (χ2v) is 3.90. The summed E-state index contributed by atoms with van der Waals surface area (Å²) in [6, 6.07) is 0. The van der Waals surface area contributed by atoms with E-state index in [1.165, 1.54) is 12.4 Å². The summed E-state index contributed by atoms with van der Waals surface area (Å²) < 4.78 is 5.30. The van der Waals surface area contributed by atoms with Gasteiger partial charge in [-0.3, -0.25) is 4.79 Å². The van der Waals surface area contributed by atoms with Gasteiger partial charge in [-0.25, -0.2) is 14.8 Å². The smallest absolute Gasteiger partial charge is 0.358 e. The maximum Gasteiger partial charge on any atom is 0.358 e. The molecule has 1 aromatic rings. The van der Waals surface area contributed by atoms with Gasteiger partial charge in [0, 0.05) is 19.0 Å². The van der Waals surface area contributed by atoms with E-state index in [2.05, 4.69) is 15.3 Å². The van der Waals surface area contributed by atoms with Crippen LogP contribution in [0.25, 0.3) is 0 Å². The largest absolute Gasteiger partial charge is 0.476 e. The van der Waals surface area contributed by atoms with E-state index >= 15 is 0 Å². The zero-order valence-electron chi connectivity index (χ0n) is 9.63. The van der Waals surface area contributed by atoms with Crippen molar-refractivity contribution >= 4 is 17.7 Å². The predicted octanol–water partition coefficient (Wildman–Crippen LogP) is 0.682. The van der Waals surface area contributed by atoms with Crippen LogP contribution >= 0.6 is 0 Å². The molecule has 0 spiro atoms. The summed E-state index contributed by atoms with van der Waals surface area (Å²) in [5, 5.41) is 11.3. The number of nitrogens with one attached hydrogen (secondary N) is 1. The van der Waals surface area contributed by atoms with Crippen molar-refractivity contribution in [3.8, 4) is 0 Å². The average molecular weight is 251 g/mol. The number of aromatic carboxylic acids is 1. The first-order valence-electron chi connectivity index (χ1n) is 5.65. The molecule has 1 amide bonds. The highest BCUT2D eigenvalue weighted by molar-refractivity contribution is 5.99. The molecule has 2 heterocycles. The van der Waals surface area contributed by atoms with E-state index in [9.17, 15) is 9.59 Å². The summed E-state index contributed by atoms with van der Waals surface area (Å²) in [4.78, 5) is 30.2. The standard InChI is InChI=1S/C11H13N3O4/c15-10(7-3-1-2-6-18-7)14-9-8(11(16)17)12-4-5-13-9/h4-5,7H,1-3,6H2,(H,16,17)(H,13,14,15). The third-order valence-corrected chi connectivity index (χ3v) is 2.61. The number of anilines is 1. The van der Waals surface area contributed by atoms with Gasteiger partial charge < -0.3 is 15.2 Å². The van der Waals surface area contributed by atoms with Crippen molar-refractivity contribution in [2.24, 2.45) is 0 Å². The lowest BCUT2D eigenvalue weighted by molar-refractivity contribution is -0.130. The van der Waals surface area contributed by atoms with Gasteiger partial charge in [0.15, 0.2) is 11.5 Å². The Labute approximate surface area is 103 Å². The SMILES string of the molecule is O=C(O)c1nccnc1NC(=O)C1CCCCO1. The van der Waals surface area contributed by atoms with Crippen LogP contribution in [0.2, 0.25) is 0 Å². The number of carboxylic acids is 1. The van der Waals surface area contributed by atoms with Crippen LogP contribution in [0.5, 0.6) is 0 Å². The van der Waals surface area contributed by atoms with Gasteiger partial charge in [-0.2, -0.15) is 0 Å². The summed E-state index contributed by atoms with van der Waals surface area (Å²) in [5.41, 5.74) is -0.276. The molecule has 1 fully saturated rings. The maximum absolute atomic E-state index is 11.8. The Balaban J connectivity index is 2.08. The summed E-state index contributed by atoms with van der Waals surface area (Å²) in [5.74, 6) is -1.66. The van der Waals surface area contributed by atoms with Crippen LogP contribution in [0.15, 0.2) is 12.4 Å². The van der Waals surface area contributed by atoms with Crippen molar-refractivity contribution in [2.75, 3.05) is 11.9 Å². The topological polar surface area (TPSA) is 101 Å². The van der Waals surface area contributed by atoms with Crippen molar-refractivity contribution < 1.29 is 19.4 Å². The highest BCUT2D eigenvalue weighted by Crippen LogP contribution is 2.15. The molecule has 1 aliphatic rings. The number of hydrogen-bond donors (Lipinski definition) is 2. The molecule has 1 unspecified atom stereocenters. The first-order valence-corrected chi connectivity index (χ1v) is 5.65. The normalized spacial score (nSPS) is 19.2. The first-order chi connectivity index (χ1) is 8.68. The van der Waals surface area contributed by atoms with E-state index in [0.29, 0.717) is 13.0 Å². The Morgan fingerprint density at radius 2 is 2.11 bits per heavy atom. The van der Waals surface area contributed by atoms with Gasteiger partial charge >= 0.3 is 5.97 Å². The minimum atomic E-state index is -1.23. The molecule has 0 aliphatic carbocycles. The van der Waals surface area contributed by atoms with Gasteiger partial charge in [0.25, 0.3) is 5.91 Å². The minimum Gasteiger partial charge on any atom is -0.476 e. The third-order valence-electron chi connectivity index (χ3n) is 2.61. The van der Waals surface area contributed by atoms with Crippen molar-refractivity contribution in [3.63, 3.8) is 0 Å². The maximum atomic E-state index is 11.8. The van der Waals surface area contributed by atoms with Crippen molar-refractivity contribution in [1.29, 1.82) is 0 Å². The van der Waals surface area contributed by atoms with Crippen LogP contribution < -0.4 is 5.32 Å². The Morgan fingerprint density at radius 3 is 2.78 bits per heavy atom. The lowest BCUT2D eigenvalue weighted by atomic mass is 10.1. The lowest BCUT2D eigenvalue weighted by Gasteiger charge is -2.21. The van der Waals surface area contributed by atoms with Crippen molar-refractivity contribution in [1.82, 2.24) is 9.97 Å². The quantitative estimate of drug-likeness (QED) is 0.819. The van der Waals surface area contributed by atoms with Crippen molar-refractivity contribution in [2.45, 2.75) is 25.4 Å². The van der Waals surface area contributed by atoms with Crippen molar-refractivity contribution in [3.05, 3.63) is 18.1 Å². The molecule has 0 bridgehead atoms. The zero-order valence-corrected chi connectivity index (χ0v) is 9.63. The summed E-state index contributed by atoms with van der Waals surface area (Å²) in [6.07, 6.45) is 4.54. The molecular weight excluding hydrogens is 238 g/mol. The Morgan fingerprint density at radius 1 is 1.33 bits per heavy atom. The van der Waals surface area contributed by atoms with Gasteiger partial charge in [-0.15, -0.1) is 0 Å². The second kappa shape index (κ2) is 5.54. The highest BCUT2D eigenvalue weighted by Gasteiger charge is 2.24. The molecule has 1 saturated heterocycles. The molecule has 1 atom stereocenters. The van der Waals surface area contributed by atoms with Crippen LogP contribution in [-0.2, 0) is 9.53 Å². The van der Waals surface area contributed by atoms with E-state index in [1.807, 2.05) is 0 Å². The summed E-state index contributed by atoms with van der Waals surface area (Å²) >= 11 is 0. The fourth-order valence-corrected chi connectivity index (χ4v) is 1.73. The Kier molecular flexibility index (Phi) is 3.83. The molecule has 96 valence electrons. The number of amides is 1. The molecule has 7 heteroatoms. The molecule has 2 N–H and O–H groups in total. The predicted molar refractivity (Wildman–Crippen MR) is 61.2 cm³/mol. The van der Waals surface area contributed by atoms with E-state index < -0.39 is 12.1 Å². The number of aromatic nitrogens is 2. The monoisotopic (exact) mass is 251 g/mol. The van der Waals surface area contributed by atoms with Crippen LogP contribution in [0.1, 0.15) is 29.8 Å². The molecule has 0 aromatic carbocycles. The van der Waals surface area contributed by atoms with Gasteiger partial charge in [-0.1, -0.05) is 0 Å². The summed E-state index contributed by atoms with van der Waals surface area (Å²) in [7, 11) is 0. The van der Waals surface area contributed by atoms with Gasteiger partial charge in [0.2, 0.25) is 0 Å². The van der Waals surface area contributed by atoms with Crippen LogP contribution in [0.4, 0.5) is 5.82 Å². The van der Waals surface area contributed by atoms with Gasteiger partial charge in [0.05, 0.1) is 0 Å². The van der Waals surface area contributed by atoms with Crippen LogP contribution in [0, 0.1) is 0 Å². The average Bonchev–Trinajstić information content (AvgIpc) is 2.40. The number of hydrogen-bond acceptors (Lipinski definition) is 5. The molecule has 1 aromatic heterocycles. The van der Waals surface area contributed by atoms with Gasteiger partial charge in [-0.05, 0) is 19.3 Å². The van der Waals surface area contributed by atoms with E-state index in [-0.39, 0.29) is 17.4 Å². The number of ether oxygens (including phenoxy) is 1. The lowest BCUT2D eigenvalue weighted by Crippen LogP contribution is -2.34. The fraction of sp³-hybridized carbons (Fsp3) is 0.455. The number of carbonyl (C=O) groups excluding carboxylic acids is 1. The number of nitrogens with zero attached hydrogens (tertiary/aromatic N) is 2. The minimum absolute atomic E-state index is 0.0517. The fourth-order valence-electron chi connectivity index (χ4n) is 1.73. The molecule has 0 radical (unpaired) electrons. The Bertz CT molecular complexity index is 457. The second-order valence-electron chi connectivity index (χ2n) is 3.90. The molecule has 1 aliphatic heterocycles. The van der Waals surface area contributed by atoms with Crippen LogP contribution in [-0.4, -0.2) is 39.7 Å². The molecular formula is C11H13N3O4. The zero-order chi connectivity index (χ0) is 13.0. The third kappa shape index (κ3) is 2.80. The van der Waals surface area contributed by atoms with Gasteiger partial charge in [0.1, 0.15) is 6.10 Å².